The average Bonchev–Trinajstić information content (AvgIpc) is 3.41. The van der Waals surface area contributed by atoms with Gasteiger partial charge in [0.25, 0.3) is 0 Å². The second-order valence-corrected chi connectivity index (χ2v) is 7.62. The van der Waals surface area contributed by atoms with Gasteiger partial charge in [0, 0.05) is 39.0 Å². The van der Waals surface area contributed by atoms with Crippen molar-refractivity contribution < 1.29 is 24.4 Å². The first-order valence-corrected chi connectivity index (χ1v) is 10.0. The molecule has 0 aromatic heterocycles. The number of likely N-dealkylation sites (tertiary alicyclic amines) is 1. The molecule has 9 heteroatoms. The van der Waals surface area contributed by atoms with Crippen molar-refractivity contribution in [2.75, 3.05) is 6.54 Å². The van der Waals surface area contributed by atoms with Gasteiger partial charge in [-0.25, -0.2) is 0 Å². The second kappa shape index (κ2) is 11.0. The zero-order valence-corrected chi connectivity index (χ0v) is 17.1. The van der Waals surface area contributed by atoms with E-state index in [2.05, 4.69) is 17.4 Å². The molecule has 8 nitrogen and oxygen atoms in total. The van der Waals surface area contributed by atoms with Gasteiger partial charge in [0.15, 0.2) is 0 Å². The van der Waals surface area contributed by atoms with E-state index in [1.54, 1.807) is 6.92 Å². The summed E-state index contributed by atoms with van der Waals surface area (Å²) in [4.78, 5) is 34.9. The van der Waals surface area contributed by atoms with Gasteiger partial charge in [0.1, 0.15) is 0 Å². The van der Waals surface area contributed by atoms with E-state index in [1.165, 1.54) is 16.0 Å². The van der Waals surface area contributed by atoms with E-state index in [9.17, 15) is 14.4 Å². The zero-order valence-electron chi connectivity index (χ0n) is 17.1. The molecule has 0 saturated carbocycles. The Balaban J connectivity index is 0.000000161. The number of carbonyl (C=O) groups excluding carboxylic acids is 3. The zero-order chi connectivity index (χ0) is 21.4. The first kappa shape index (κ1) is 22.9. The molecule has 3 aliphatic heterocycles. The molecular formula is C20H30BN3O5. The Kier molecular flexibility index (Phi) is 8.66. The summed E-state index contributed by atoms with van der Waals surface area (Å²) >= 11 is 0. The molecule has 2 fully saturated rings. The third-order valence-electron chi connectivity index (χ3n) is 5.32. The minimum Gasteiger partial charge on any atom is -0.426 e. The lowest BCUT2D eigenvalue weighted by atomic mass is 9.78. The van der Waals surface area contributed by atoms with Gasteiger partial charge in [-0.05, 0) is 37.3 Å². The minimum atomic E-state index is -1.38. The molecule has 29 heavy (non-hydrogen) atoms. The van der Waals surface area contributed by atoms with Crippen LogP contribution >= 0.6 is 0 Å². The van der Waals surface area contributed by atoms with Crippen LogP contribution in [0.1, 0.15) is 50.7 Å². The lowest BCUT2D eigenvalue weighted by molar-refractivity contribution is -0.129. The Morgan fingerprint density at radius 1 is 1.21 bits per heavy atom. The van der Waals surface area contributed by atoms with E-state index in [0.717, 1.165) is 32.4 Å². The van der Waals surface area contributed by atoms with Gasteiger partial charge in [0.05, 0.1) is 5.94 Å². The highest BCUT2D eigenvalue weighted by Gasteiger charge is 2.32. The molecule has 2 atom stereocenters. The summed E-state index contributed by atoms with van der Waals surface area (Å²) in [6.45, 7) is 5.85. The van der Waals surface area contributed by atoms with Crippen molar-refractivity contribution >= 4 is 25.3 Å². The Morgan fingerprint density at radius 3 is 2.17 bits per heavy atom. The molecule has 0 spiro atoms. The molecule has 1 aromatic rings. The van der Waals surface area contributed by atoms with Gasteiger partial charge in [-0.15, -0.1) is 0 Å². The topological polar surface area (TPSA) is 110 Å². The molecule has 0 radical (unpaired) electrons. The van der Waals surface area contributed by atoms with Gasteiger partial charge in [-0.1, -0.05) is 24.3 Å². The predicted molar refractivity (Wildman–Crippen MR) is 109 cm³/mol. The Bertz CT molecular complexity index is 690. The van der Waals surface area contributed by atoms with E-state index in [1.807, 2.05) is 24.0 Å². The Hall–Kier alpha value is -2.39. The quantitative estimate of drug-likeness (QED) is 0.491. The number of benzene rings is 1. The van der Waals surface area contributed by atoms with Gasteiger partial charge < -0.3 is 25.2 Å². The molecule has 3 aliphatic rings. The van der Waals surface area contributed by atoms with E-state index in [-0.39, 0.29) is 17.8 Å². The maximum absolute atomic E-state index is 11.0. The maximum Gasteiger partial charge on any atom is 0.475 e. The fraction of sp³-hybridized carbons (Fsp3) is 0.550. The van der Waals surface area contributed by atoms with Crippen molar-refractivity contribution in [3.63, 3.8) is 0 Å². The molecule has 2 saturated heterocycles. The highest BCUT2D eigenvalue weighted by atomic mass is 16.4. The fourth-order valence-corrected chi connectivity index (χ4v) is 3.59. The summed E-state index contributed by atoms with van der Waals surface area (Å²) in [5.41, 5.74) is 2.57. The lowest BCUT2D eigenvalue weighted by Gasteiger charge is -2.17. The summed E-state index contributed by atoms with van der Waals surface area (Å²) < 4.78 is 0. The molecule has 3 heterocycles. The predicted octanol–water partition coefficient (Wildman–Crippen LogP) is 0.453. The van der Waals surface area contributed by atoms with Crippen LogP contribution in [-0.2, 0) is 27.5 Å². The maximum atomic E-state index is 11.0. The first-order chi connectivity index (χ1) is 13.8. The number of nitrogens with one attached hydrogen (secondary N) is 1. The minimum absolute atomic E-state index is 0.159. The largest absolute Gasteiger partial charge is 0.475 e. The molecule has 158 valence electrons. The summed E-state index contributed by atoms with van der Waals surface area (Å²) in [5, 5.41) is 20.2. The first-order valence-electron chi connectivity index (χ1n) is 10.0. The average molecular weight is 403 g/mol. The van der Waals surface area contributed by atoms with Crippen molar-refractivity contribution in [1.29, 1.82) is 0 Å². The summed E-state index contributed by atoms with van der Waals surface area (Å²) in [7, 11) is -1.38. The second-order valence-electron chi connectivity index (χ2n) is 7.62. The van der Waals surface area contributed by atoms with Crippen LogP contribution in [0, 0.1) is 0 Å². The van der Waals surface area contributed by atoms with Crippen LogP contribution in [0.15, 0.2) is 24.3 Å². The molecule has 3 amide bonds. The van der Waals surface area contributed by atoms with Crippen LogP contribution < -0.4 is 5.32 Å². The van der Waals surface area contributed by atoms with Crippen molar-refractivity contribution in [3.8, 4) is 0 Å². The van der Waals surface area contributed by atoms with Crippen LogP contribution in [0.4, 0.5) is 0 Å². The van der Waals surface area contributed by atoms with Crippen LogP contribution in [0.3, 0.4) is 0 Å². The standard InChI is InChI=1S/C10H11NO.C5H10BNO3.C5H9NO/c1-8(12)11-6-9-4-2-3-5-10(9)7-11;8-4-7-3-1-2-5(7)6(9)10;1-4-2-3-5(7)6-4/h2-5H,6-7H2,1H3;4-5,9-10H,1-3H2;4H,2-3H2,1H3,(H,6,7). The summed E-state index contributed by atoms with van der Waals surface area (Å²) in [5.74, 6) is -0.0174. The van der Waals surface area contributed by atoms with E-state index in [4.69, 9.17) is 10.0 Å². The number of nitrogens with zero attached hydrogens (tertiary/aromatic N) is 2. The van der Waals surface area contributed by atoms with Gasteiger partial charge >= 0.3 is 7.12 Å². The van der Waals surface area contributed by atoms with Gasteiger partial charge in [0.2, 0.25) is 18.2 Å². The SMILES string of the molecule is CC(=O)N1Cc2ccccc2C1.CC1CCC(=O)N1.O=CN1CCCC1B(O)O. The number of hydrogen-bond donors (Lipinski definition) is 3. The molecule has 0 bridgehead atoms. The van der Waals surface area contributed by atoms with E-state index in [0.29, 0.717) is 25.4 Å². The van der Waals surface area contributed by atoms with E-state index >= 15 is 0 Å². The molecule has 4 rings (SSSR count). The molecule has 2 unspecified atom stereocenters. The lowest BCUT2D eigenvalue weighted by Crippen LogP contribution is -2.41. The molecule has 3 N–H and O–H groups in total. The van der Waals surface area contributed by atoms with Crippen molar-refractivity contribution in [3.05, 3.63) is 35.4 Å². The van der Waals surface area contributed by atoms with Crippen molar-refractivity contribution in [1.82, 2.24) is 15.1 Å². The number of fused-ring (bicyclic) bond motifs is 1. The summed E-state index contributed by atoms with van der Waals surface area (Å²) in [6.07, 6.45) is 3.95. The molecule has 1 aromatic carbocycles. The molecular weight excluding hydrogens is 373 g/mol. The van der Waals surface area contributed by atoms with Gasteiger partial charge in [-0.3, -0.25) is 14.4 Å². The fourth-order valence-electron chi connectivity index (χ4n) is 3.59. The molecule has 0 aliphatic carbocycles. The number of carbonyl (C=O) groups is 3. The van der Waals surface area contributed by atoms with Crippen molar-refractivity contribution in [2.45, 2.75) is 64.6 Å². The smallest absolute Gasteiger partial charge is 0.426 e. The number of rotatable bonds is 2. The Morgan fingerprint density at radius 2 is 1.83 bits per heavy atom. The normalized spacial score (nSPS) is 22.0. The van der Waals surface area contributed by atoms with Crippen LogP contribution in [0.25, 0.3) is 0 Å². The Labute approximate surface area is 172 Å². The van der Waals surface area contributed by atoms with Crippen LogP contribution in [0.5, 0.6) is 0 Å². The van der Waals surface area contributed by atoms with Crippen LogP contribution in [-0.4, -0.2) is 63.7 Å². The van der Waals surface area contributed by atoms with Crippen LogP contribution in [0.2, 0.25) is 0 Å². The van der Waals surface area contributed by atoms with E-state index < -0.39 is 7.12 Å². The number of amides is 3. The number of hydrogen-bond acceptors (Lipinski definition) is 5. The highest BCUT2D eigenvalue weighted by Crippen LogP contribution is 2.21. The third kappa shape index (κ3) is 6.87. The highest BCUT2D eigenvalue weighted by molar-refractivity contribution is 6.43. The third-order valence-corrected chi connectivity index (χ3v) is 5.32. The summed E-state index contributed by atoms with van der Waals surface area (Å²) in [6, 6.07) is 8.62. The van der Waals surface area contributed by atoms with Gasteiger partial charge in [-0.2, -0.15) is 0 Å². The monoisotopic (exact) mass is 403 g/mol. The van der Waals surface area contributed by atoms with Crippen molar-refractivity contribution in [2.24, 2.45) is 0 Å².